The van der Waals surface area contributed by atoms with Gasteiger partial charge in [-0.05, 0) is 13.0 Å². The highest BCUT2D eigenvalue weighted by Crippen LogP contribution is 2.27. The second kappa shape index (κ2) is 7.57. The molecule has 19 heavy (non-hydrogen) atoms. The highest BCUT2D eigenvalue weighted by Gasteiger charge is 2.17. The van der Waals surface area contributed by atoms with Crippen molar-refractivity contribution in [3.63, 3.8) is 0 Å². The standard InChI is InChI=1S/C11H12Cl2N2O3S/c1-6-2-8(12)7(10(13)15-6)3-19-4-9(11(17)18)14-5-16/h2,5,9H,3-4H2,1H3,(H,14,16)(H,17,18). The van der Waals surface area contributed by atoms with E-state index in [0.717, 1.165) is 5.69 Å². The molecular formula is C11H12Cl2N2O3S. The number of nitrogens with one attached hydrogen (secondary N) is 1. The van der Waals surface area contributed by atoms with Gasteiger partial charge in [0.2, 0.25) is 6.41 Å². The van der Waals surface area contributed by atoms with Crippen LogP contribution < -0.4 is 5.32 Å². The van der Waals surface area contributed by atoms with Crippen molar-refractivity contribution in [1.82, 2.24) is 10.3 Å². The molecule has 1 aromatic rings. The summed E-state index contributed by atoms with van der Waals surface area (Å²) in [5.41, 5.74) is 1.38. The summed E-state index contributed by atoms with van der Waals surface area (Å²) in [6.07, 6.45) is 0.368. The monoisotopic (exact) mass is 322 g/mol. The third-order valence-electron chi connectivity index (χ3n) is 2.25. The molecule has 0 aliphatic rings. The lowest BCUT2D eigenvalue weighted by atomic mass is 10.3. The summed E-state index contributed by atoms with van der Waals surface area (Å²) >= 11 is 13.3. The van der Waals surface area contributed by atoms with Crippen molar-refractivity contribution in [3.05, 3.63) is 27.5 Å². The average Bonchev–Trinajstić information content (AvgIpc) is 2.30. The van der Waals surface area contributed by atoms with Crippen LogP contribution in [0.25, 0.3) is 0 Å². The summed E-state index contributed by atoms with van der Waals surface area (Å²) in [6.45, 7) is 1.78. The molecule has 5 nitrogen and oxygen atoms in total. The van der Waals surface area contributed by atoms with E-state index in [1.807, 2.05) is 0 Å². The molecule has 2 N–H and O–H groups in total. The number of carbonyl (C=O) groups is 2. The minimum Gasteiger partial charge on any atom is -0.480 e. The number of carbonyl (C=O) groups excluding carboxylic acids is 1. The van der Waals surface area contributed by atoms with Crippen LogP contribution in [0.15, 0.2) is 6.07 Å². The molecule has 0 saturated carbocycles. The molecule has 1 amide bonds. The van der Waals surface area contributed by atoms with Crippen LogP contribution in [0.4, 0.5) is 0 Å². The Balaban J connectivity index is 2.62. The van der Waals surface area contributed by atoms with Gasteiger partial charge in [0, 0.05) is 27.8 Å². The van der Waals surface area contributed by atoms with Crippen LogP contribution in [0.1, 0.15) is 11.3 Å². The average molecular weight is 323 g/mol. The number of aryl methyl sites for hydroxylation is 1. The molecule has 1 aromatic heterocycles. The van der Waals surface area contributed by atoms with Gasteiger partial charge in [-0.15, -0.1) is 0 Å². The fraction of sp³-hybridized carbons (Fsp3) is 0.364. The van der Waals surface area contributed by atoms with Gasteiger partial charge >= 0.3 is 5.97 Å². The van der Waals surface area contributed by atoms with Crippen LogP contribution in [-0.4, -0.2) is 34.3 Å². The number of halogens is 2. The minimum absolute atomic E-state index is 0.217. The van der Waals surface area contributed by atoms with Gasteiger partial charge in [-0.1, -0.05) is 23.2 Å². The molecule has 0 radical (unpaired) electrons. The van der Waals surface area contributed by atoms with E-state index in [2.05, 4.69) is 10.3 Å². The largest absolute Gasteiger partial charge is 0.480 e. The van der Waals surface area contributed by atoms with Crippen LogP contribution in [0, 0.1) is 6.92 Å². The van der Waals surface area contributed by atoms with Crippen molar-refractivity contribution in [1.29, 1.82) is 0 Å². The number of carboxylic acid groups (broad SMARTS) is 1. The Hall–Kier alpha value is -0.980. The predicted molar refractivity (Wildman–Crippen MR) is 75.8 cm³/mol. The molecule has 8 heteroatoms. The van der Waals surface area contributed by atoms with Crippen LogP contribution in [-0.2, 0) is 15.3 Å². The second-order valence-corrected chi connectivity index (χ2v) is 5.50. The molecule has 1 heterocycles. The molecule has 0 bridgehead atoms. The topological polar surface area (TPSA) is 79.3 Å². The summed E-state index contributed by atoms with van der Waals surface area (Å²) in [5.74, 6) is -0.442. The zero-order valence-corrected chi connectivity index (χ0v) is 12.3. The first-order chi connectivity index (χ1) is 8.95. The van der Waals surface area contributed by atoms with E-state index in [9.17, 15) is 9.59 Å². The lowest BCUT2D eigenvalue weighted by Crippen LogP contribution is -2.37. The van der Waals surface area contributed by atoms with Crippen molar-refractivity contribution < 1.29 is 14.7 Å². The van der Waals surface area contributed by atoms with Gasteiger partial charge < -0.3 is 10.4 Å². The van der Waals surface area contributed by atoms with Gasteiger partial charge in [0.1, 0.15) is 11.2 Å². The van der Waals surface area contributed by atoms with Gasteiger partial charge in [0.25, 0.3) is 0 Å². The van der Waals surface area contributed by atoms with Crippen LogP contribution >= 0.6 is 35.0 Å². The number of rotatable bonds is 7. The summed E-state index contributed by atoms with van der Waals surface area (Å²) < 4.78 is 0. The fourth-order valence-electron chi connectivity index (χ4n) is 1.30. The minimum atomic E-state index is -1.08. The molecule has 0 saturated heterocycles. The Bertz CT molecular complexity index is 462. The summed E-state index contributed by atoms with van der Waals surface area (Å²) in [6, 6.07) is 0.764. The fourth-order valence-corrected chi connectivity index (χ4v) is 3.22. The lowest BCUT2D eigenvalue weighted by molar-refractivity contribution is -0.139. The molecule has 1 rings (SSSR count). The summed E-state index contributed by atoms with van der Waals surface area (Å²) in [4.78, 5) is 25.2. The maximum Gasteiger partial charge on any atom is 0.327 e. The Morgan fingerprint density at radius 1 is 1.63 bits per heavy atom. The maximum atomic E-state index is 10.8. The normalized spacial score (nSPS) is 11.9. The Labute approximate surface area is 124 Å². The third kappa shape index (κ3) is 4.89. The SMILES string of the molecule is Cc1cc(Cl)c(CSCC(NC=O)C(=O)O)c(Cl)n1. The summed E-state index contributed by atoms with van der Waals surface area (Å²) in [7, 11) is 0. The first-order valence-corrected chi connectivity index (χ1v) is 7.18. The summed E-state index contributed by atoms with van der Waals surface area (Å²) in [5, 5.41) is 11.9. The van der Waals surface area contributed by atoms with Crippen molar-refractivity contribution in [2.24, 2.45) is 0 Å². The molecule has 0 aliphatic carbocycles. The zero-order valence-electron chi connectivity index (χ0n) is 10.0. The second-order valence-electron chi connectivity index (χ2n) is 3.71. The maximum absolute atomic E-state index is 10.8. The number of nitrogens with zero attached hydrogens (tertiary/aromatic N) is 1. The van der Waals surface area contributed by atoms with Crippen LogP contribution in [0.5, 0.6) is 0 Å². The van der Waals surface area contributed by atoms with Crippen LogP contribution in [0.2, 0.25) is 10.2 Å². The number of hydrogen-bond donors (Lipinski definition) is 2. The first kappa shape index (κ1) is 16.1. The molecule has 0 aliphatic heterocycles. The van der Waals surface area contributed by atoms with Gasteiger partial charge in [0.15, 0.2) is 0 Å². The number of aromatic nitrogens is 1. The lowest BCUT2D eigenvalue weighted by Gasteiger charge is -2.11. The molecule has 0 aromatic carbocycles. The molecule has 104 valence electrons. The number of hydrogen-bond acceptors (Lipinski definition) is 4. The third-order valence-corrected chi connectivity index (χ3v) is 3.96. The van der Waals surface area contributed by atoms with E-state index in [0.29, 0.717) is 27.9 Å². The van der Waals surface area contributed by atoms with E-state index >= 15 is 0 Å². The number of aliphatic carboxylic acids is 1. The molecule has 1 atom stereocenters. The molecule has 0 fully saturated rings. The van der Waals surface area contributed by atoms with E-state index < -0.39 is 12.0 Å². The van der Waals surface area contributed by atoms with Crippen LogP contribution in [0.3, 0.4) is 0 Å². The quantitative estimate of drug-likeness (QED) is 0.594. The number of thioether (sulfide) groups is 1. The highest BCUT2D eigenvalue weighted by atomic mass is 35.5. The van der Waals surface area contributed by atoms with Gasteiger partial charge in [-0.3, -0.25) is 4.79 Å². The molecular weight excluding hydrogens is 311 g/mol. The number of carboxylic acids is 1. The highest BCUT2D eigenvalue weighted by molar-refractivity contribution is 7.98. The Morgan fingerprint density at radius 3 is 2.84 bits per heavy atom. The predicted octanol–water partition coefficient (Wildman–Crippen LogP) is 2.13. The van der Waals surface area contributed by atoms with Crippen molar-refractivity contribution in [2.75, 3.05) is 5.75 Å². The smallest absolute Gasteiger partial charge is 0.327 e. The van der Waals surface area contributed by atoms with E-state index in [-0.39, 0.29) is 5.75 Å². The van der Waals surface area contributed by atoms with Gasteiger partial charge in [-0.2, -0.15) is 11.8 Å². The van der Waals surface area contributed by atoms with Gasteiger partial charge in [0.05, 0.1) is 0 Å². The number of pyridine rings is 1. The van der Waals surface area contributed by atoms with Gasteiger partial charge in [-0.25, -0.2) is 9.78 Å². The first-order valence-electron chi connectivity index (χ1n) is 5.27. The van der Waals surface area contributed by atoms with Crippen molar-refractivity contribution >= 4 is 47.3 Å². The molecule has 1 unspecified atom stereocenters. The Kier molecular flexibility index (Phi) is 6.41. The van der Waals surface area contributed by atoms with E-state index in [1.165, 1.54) is 11.8 Å². The molecule has 0 spiro atoms. The van der Waals surface area contributed by atoms with E-state index in [4.69, 9.17) is 28.3 Å². The Morgan fingerprint density at radius 2 is 2.32 bits per heavy atom. The van der Waals surface area contributed by atoms with Crippen molar-refractivity contribution in [2.45, 2.75) is 18.7 Å². The van der Waals surface area contributed by atoms with E-state index in [1.54, 1.807) is 13.0 Å². The van der Waals surface area contributed by atoms with Crippen molar-refractivity contribution in [3.8, 4) is 0 Å². The number of amides is 1. The zero-order chi connectivity index (χ0) is 14.4.